The molecule has 8 heteroatoms. The Morgan fingerprint density at radius 3 is 2.12 bits per heavy atom. The molecule has 0 aliphatic carbocycles. The highest BCUT2D eigenvalue weighted by molar-refractivity contribution is 9.11. The molecule has 0 amide bonds. The number of ether oxygens (including phenoxy) is 2. The van der Waals surface area contributed by atoms with Crippen LogP contribution < -0.4 is 9.47 Å². The van der Waals surface area contributed by atoms with E-state index in [-0.39, 0.29) is 16.0 Å². The molecule has 0 aromatic heterocycles. The van der Waals surface area contributed by atoms with Crippen molar-refractivity contribution in [3.05, 3.63) is 44.3 Å². The number of aldehydes is 2. The first-order valence-electron chi connectivity index (χ1n) is 6.68. The van der Waals surface area contributed by atoms with Gasteiger partial charge >= 0.3 is 0 Å². The SMILES string of the molecule is O=Cc1ccc(O)c(O)c1Br.O=Cc1ccc2c(c1Br)OCCO2. The van der Waals surface area contributed by atoms with Crippen molar-refractivity contribution in [2.75, 3.05) is 13.2 Å². The molecule has 0 radical (unpaired) electrons. The molecule has 0 spiro atoms. The maximum Gasteiger partial charge on any atom is 0.176 e. The Morgan fingerprint density at radius 1 is 0.875 bits per heavy atom. The molecule has 6 nitrogen and oxygen atoms in total. The third kappa shape index (κ3) is 3.88. The number of hydrogen-bond donors (Lipinski definition) is 2. The predicted octanol–water partition coefficient (Wildman–Crippen LogP) is 3.71. The van der Waals surface area contributed by atoms with E-state index in [1.54, 1.807) is 12.1 Å². The van der Waals surface area contributed by atoms with E-state index in [1.807, 2.05) is 0 Å². The van der Waals surface area contributed by atoms with Crippen LogP contribution in [0.25, 0.3) is 0 Å². The molecular formula is C16H12Br2O6. The van der Waals surface area contributed by atoms with E-state index < -0.39 is 0 Å². The van der Waals surface area contributed by atoms with Crippen molar-refractivity contribution in [3.63, 3.8) is 0 Å². The number of aromatic hydroxyl groups is 2. The summed E-state index contributed by atoms with van der Waals surface area (Å²) in [7, 11) is 0. The largest absolute Gasteiger partial charge is 0.504 e. The van der Waals surface area contributed by atoms with Gasteiger partial charge < -0.3 is 19.7 Å². The van der Waals surface area contributed by atoms with E-state index in [1.165, 1.54) is 12.1 Å². The summed E-state index contributed by atoms with van der Waals surface area (Å²) in [4.78, 5) is 20.9. The van der Waals surface area contributed by atoms with Gasteiger partial charge in [0.05, 0.1) is 8.95 Å². The lowest BCUT2D eigenvalue weighted by Gasteiger charge is -2.19. The smallest absolute Gasteiger partial charge is 0.176 e. The summed E-state index contributed by atoms with van der Waals surface area (Å²) in [6.45, 7) is 1.08. The molecule has 1 aliphatic rings. The number of phenols is 2. The molecule has 2 aromatic rings. The molecular weight excluding hydrogens is 448 g/mol. The second-order valence-corrected chi connectivity index (χ2v) is 6.15. The van der Waals surface area contributed by atoms with Crippen molar-refractivity contribution >= 4 is 44.4 Å². The van der Waals surface area contributed by atoms with Crippen LogP contribution in [0, 0.1) is 0 Å². The first kappa shape index (κ1) is 18.3. The van der Waals surface area contributed by atoms with Crippen LogP contribution >= 0.6 is 31.9 Å². The molecule has 2 aromatic carbocycles. The van der Waals surface area contributed by atoms with Gasteiger partial charge in [-0.15, -0.1) is 0 Å². The fourth-order valence-corrected chi connectivity index (χ4v) is 2.81. The lowest BCUT2D eigenvalue weighted by atomic mass is 10.2. The van der Waals surface area contributed by atoms with Crippen LogP contribution in [0.1, 0.15) is 20.7 Å². The maximum atomic E-state index is 10.6. The molecule has 24 heavy (non-hydrogen) atoms. The fraction of sp³-hybridized carbons (Fsp3) is 0.125. The highest BCUT2D eigenvalue weighted by Gasteiger charge is 2.16. The van der Waals surface area contributed by atoms with Gasteiger partial charge in [0.1, 0.15) is 13.2 Å². The molecule has 1 heterocycles. The van der Waals surface area contributed by atoms with Crippen molar-refractivity contribution in [2.24, 2.45) is 0 Å². The van der Waals surface area contributed by atoms with Gasteiger partial charge in [-0.2, -0.15) is 0 Å². The van der Waals surface area contributed by atoms with E-state index in [9.17, 15) is 9.59 Å². The van der Waals surface area contributed by atoms with Gasteiger partial charge in [-0.1, -0.05) is 0 Å². The Balaban J connectivity index is 0.000000177. The van der Waals surface area contributed by atoms with Gasteiger partial charge in [0.25, 0.3) is 0 Å². The fourth-order valence-electron chi connectivity index (χ4n) is 1.85. The van der Waals surface area contributed by atoms with Crippen LogP contribution in [-0.4, -0.2) is 36.0 Å². The summed E-state index contributed by atoms with van der Waals surface area (Å²) in [6, 6.07) is 6.10. The van der Waals surface area contributed by atoms with E-state index in [2.05, 4.69) is 31.9 Å². The van der Waals surface area contributed by atoms with Crippen LogP contribution in [0.4, 0.5) is 0 Å². The van der Waals surface area contributed by atoms with E-state index >= 15 is 0 Å². The average molecular weight is 460 g/mol. The molecule has 1 aliphatic heterocycles. The minimum atomic E-state index is -0.311. The van der Waals surface area contributed by atoms with E-state index in [0.29, 0.717) is 46.6 Å². The van der Waals surface area contributed by atoms with Gasteiger partial charge in [-0.25, -0.2) is 0 Å². The Kier molecular flexibility index (Phi) is 6.22. The lowest BCUT2D eigenvalue weighted by Crippen LogP contribution is -2.15. The Labute approximate surface area is 154 Å². The quantitative estimate of drug-likeness (QED) is 0.525. The molecule has 0 atom stereocenters. The first-order chi connectivity index (χ1) is 11.5. The molecule has 0 bridgehead atoms. The highest BCUT2D eigenvalue weighted by atomic mass is 79.9. The third-order valence-corrected chi connectivity index (χ3v) is 4.71. The van der Waals surface area contributed by atoms with Crippen LogP contribution in [0.5, 0.6) is 23.0 Å². The predicted molar refractivity (Wildman–Crippen MR) is 93.4 cm³/mol. The molecule has 126 valence electrons. The van der Waals surface area contributed by atoms with Gasteiger partial charge in [0, 0.05) is 11.1 Å². The number of benzene rings is 2. The van der Waals surface area contributed by atoms with Gasteiger partial charge in [0.2, 0.25) is 0 Å². The van der Waals surface area contributed by atoms with Gasteiger partial charge in [0.15, 0.2) is 35.6 Å². The number of carbonyl (C=O) groups is 2. The summed E-state index contributed by atoms with van der Waals surface area (Å²) >= 11 is 6.24. The molecule has 2 N–H and O–H groups in total. The van der Waals surface area contributed by atoms with Gasteiger partial charge in [-0.3, -0.25) is 9.59 Å². The normalized spacial score (nSPS) is 11.9. The van der Waals surface area contributed by atoms with Crippen molar-refractivity contribution in [1.29, 1.82) is 0 Å². The average Bonchev–Trinajstić information content (AvgIpc) is 2.61. The van der Waals surface area contributed by atoms with Crippen molar-refractivity contribution in [3.8, 4) is 23.0 Å². The topological polar surface area (TPSA) is 93.1 Å². The number of phenolic OH excluding ortho intramolecular Hbond substituents is 2. The Bertz CT molecular complexity index is 776. The summed E-state index contributed by atoms with van der Waals surface area (Å²) in [6.07, 6.45) is 1.37. The van der Waals surface area contributed by atoms with Crippen LogP contribution in [-0.2, 0) is 0 Å². The van der Waals surface area contributed by atoms with Crippen LogP contribution in [0.2, 0.25) is 0 Å². The lowest BCUT2D eigenvalue weighted by molar-refractivity contribution is 0.111. The molecule has 0 fully saturated rings. The molecule has 0 unspecified atom stereocenters. The summed E-state index contributed by atoms with van der Waals surface area (Å²) in [5, 5.41) is 18.0. The number of carbonyl (C=O) groups excluding carboxylic acids is 2. The molecule has 0 saturated heterocycles. The Hall–Kier alpha value is -2.06. The summed E-state index contributed by atoms with van der Waals surface area (Å²) in [5.74, 6) is 0.747. The molecule has 3 rings (SSSR count). The first-order valence-corrected chi connectivity index (χ1v) is 8.27. The van der Waals surface area contributed by atoms with Crippen molar-refractivity contribution in [1.82, 2.24) is 0 Å². The van der Waals surface area contributed by atoms with Gasteiger partial charge in [-0.05, 0) is 56.1 Å². The zero-order chi connectivity index (χ0) is 17.7. The minimum Gasteiger partial charge on any atom is -0.504 e. The minimum absolute atomic E-state index is 0.215. The summed E-state index contributed by atoms with van der Waals surface area (Å²) < 4.78 is 11.6. The second kappa shape index (κ2) is 8.16. The van der Waals surface area contributed by atoms with Crippen LogP contribution in [0.3, 0.4) is 0 Å². The second-order valence-electron chi connectivity index (χ2n) is 4.57. The third-order valence-electron chi connectivity index (χ3n) is 3.06. The van der Waals surface area contributed by atoms with Crippen molar-refractivity contribution < 1.29 is 29.3 Å². The Morgan fingerprint density at radius 2 is 1.46 bits per heavy atom. The standard InChI is InChI=1S/C9H7BrO3.C7H5BrO3/c10-8-6(5-11)1-2-7-9(8)13-4-3-12-7;8-6-4(3-9)1-2-5(10)7(6)11/h1-2,5H,3-4H2;1-3,10-11H. The van der Waals surface area contributed by atoms with Crippen LogP contribution in [0.15, 0.2) is 33.2 Å². The highest BCUT2D eigenvalue weighted by Crippen LogP contribution is 2.39. The number of hydrogen-bond acceptors (Lipinski definition) is 6. The summed E-state index contributed by atoms with van der Waals surface area (Å²) in [5.41, 5.74) is 0.879. The zero-order valence-electron chi connectivity index (χ0n) is 12.2. The van der Waals surface area contributed by atoms with Crippen molar-refractivity contribution in [2.45, 2.75) is 0 Å². The number of rotatable bonds is 2. The molecule has 0 saturated carbocycles. The number of halogens is 2. The van der Waals surface area contributed by atoms with E-state index in [0.717, 1.165) is 6.29 Å². The van der Waals surface area contributed by atoms with E-state index in [4.69, 9.17) is 19.7 Å². The maximum absolute atomic E-state index is 10.6. The monoisotopic (exact) mass is 458 g/mol. The number of fused-ring (bicyclic) bond motifs is 1. The zero-order valence-corrected chi connectivity index (χ0v) is 15.3.